The fourth-order valence-electron chi connectivity index (χ4n) is 3.39. The number of nitrogens with zero attached hydrogens (tertiary/aromatic N) is 3. The van der Waals surface area contributed by atoms with Crippen LogP contribution in [0.1, 0.15) is 18.2 Å². The number of anilines is 1. The zero-order chi connectivity index (χ0) is 21.8. The summed E-state index contributed by atoms with van der Waals surface area (Å²) in [5, 5.41) is 10.6. The molecule has 0 spiro atoms. The summed E-state index contributed by atoms with van der Waals surface area (Å²) in [5.41, 5.74) is 2.27. The number of halogens is 1. The van der Waals surface area contributed by atoms with Crippen LogP contribution in [0.5, 0.6) is 0 Å². The van der Waals surface area contributed by atoms with Crippen molar-refractivity contribution in [2.24, 2.45) is 0 Å². The summed E-state index contributed by atoms with van der Waals surface area (Å²) >= 11 is 0. The second-order valence-corrected chi connectivity index (χ2v) is 7.17. The molecule has 0 aliphatic rings. The summed E-state index contributed by atoms with van der Waals surface area (Å²) in [4.78, 5) is 31.8. The van der Waals surface area contributed by atoms with Crippen LogP contribution in [-0.4, -0.2) is 37.6 Å². The Morgan fingerprint density at radius 3 is 2.87 bits per heavy atom. The van der Waals surface area contributed by atoms with Crippen molar-refractivity contribution in [3.05, 3.63) is 78.1 Å². The normalized spacial score (nSPS) is 11.9. The highest BCUT2D eigenvalue weighted by Crippen LogP contribution is 2.21. The van der Waals surface area contributed by atoms with Crippen LogP contribution in [0.4, 0.5) is 10.2 Å². The number of benzene rings is 1. The number of nitrogens with one attached hydrogen (secondary N) is 3. The standard InChI is InChI=1S/C22H21FN6O2/c1-14(30)26-20(10-15-12-25-19-11-16(23)5-6-18(15)19)22(31)27-21-7-9-29(28-21)13-17-4-2-3-8-24-17/h2-9,11-12,20,25H,10,13H2,1H3,(H,26,30)(H,27,28,31). The molecule has 0 bridgehead atoms. The molecule has 31 heavy (non-hydrogen) atoms. The fourth-order valence-corrected chi connectivity index (χ4v) is 3.39. The number of carbonyl (C=O) groups excluding carboxylic acids is 2. The van der Waals surface area contributed by atoms with Crippen molar-refractivity contribution in [3.8, 4) is 0 Å². The third kappa shape index (κ3) is 4.95. The van der Waals surface area contributed by atoms with Gasteiger partial charge in [0.05, 0.1) is 12.2 Å². The minimum absolute atomic E-state index is 0.242. The minimum atomic E-state index is -0.817. The lowest BCUT2D eigenvalue weighted by atomic mass is 10.0. The average Bonchev–Trinajstić information content (AvgIpc) is 3.34. The summed E-state index contributed by atoms with van der Waals surface area (Å²) in [6.45, 7) is 1.82. The first-order valence-corrected chi connectivity index (χ1v) is 9.75. The van der Waals surface area contributed by atoms with Crippen LogP contribution in [0.3, 0.4) is 0 Å². The van der Waals surface area contributed by atoms with Crippen molar-refractivity contribution in [2.45, 2.75) is 25.9 Å². The molecule has 4 aromatic rings. The molecule has 0 saturated carbocycles. The highest BCUT2D eigenvalue weighted by Gasteiger charge is 2.22. The number of H-pyrrole nitrogens is 1. The van der Waals surface area contributed by atoms with E-state index in [0.717, 1.165) is 16.6 Å². The number of aromatic nitrogens is 4. The third-order valence-electron chi connectivity index (χ3n) is 4.79. The Balaban J connectivity index is 1.47. The number of pyridine rings is 1. The van der Waals surface area contributed by atoms with E-state index in [1.807, 2.05) is 18.2 Å². The molecule has 3 N–H and O–H groups in total. The molecule has 8 nitrogen and oxygen atoms in total. The molecular weight excluding hydrogens is 399 g/mol. The van der Waals surface area contributed by atoms with Gasteiger partial charge in [0.2, 0.25) is 11.8 Å². The fraction of sp³-hybridized carbons (Fsp3) is 0.182. The summed E-state index contributed by atoms with van der Waals surface area (Å²) in [6, 6.07) is 10.9. The van der Waals surface area contributed by atoms with Gasteiger partial charge in [-0.1, -0.05) is 6.07 Å². The number of carbonyl (C=O) groups is 2. The highest BCUT2D eigenvalue weighted by atomic mass is 19.1. The number of rotatable bonds is 7. The van der Waals surface area contributed by atoms with E-state index in [2.05, 4.69) is 25.7 Å². The maximum atomic E-state index is 13.4. The molecule has 158 valence electrons. The number of hydrogen-bond acceptors (Lipinski definition) is 4. The van der Waals surface area contributed by atoms with Crippen LogP contribution in [0.2, 0.25) is 0 Å². The molecular formula is C22H21FN6O2. The number of amides is 2. The first kappa shape index (κ1) is 20.3. The van der Waals surface area contributed by atoms with Crippen molar-refractivity contribution in [1.29, 1.82) is 0 Å². The molecule has 0 fully saturated rings. The van der Waals surface area contributed by atoms with E-state index < -0.39 is 11.9 Å². The lowest BCUT2D eigenvalue weighted by Gasteiger charge is -2.16. The molecule has 1 atom stereocenters. The van der Waals surface area contributed by atoms with E-state index in [0.29, 0.717) is 17.9 Å². The zero-order valence-corrected chi connectivity index (χ0v) is 16.8. The van der Waals surface area contributed by atoms with Gasteiger partial charge in [0, 0.05) is 48.9 Å². The third-order valence-corrected chi connectivity index (χ3v) is 4.79. The summed E-state index contributed by atoms with van der Waals surface area (Å²) < 4.78 is 15.1. The van der Waals surface area contributed by atoms with Gasteiger partial charge in [0.15, 0.2) is 5.82 Å². The van der Waals surface area contributed by atoms with Gasteiger partial charge in [-0.3, -0.25) is 19.3 Å². The Kier molecular flexibility index (Phi) is 5.74. The van der Waals surface area contributed by atoms with E-state index in [9.17, 15) is 14.0 Å². The van der Waals surface area contributed by atoms with Crippen molar-refractivity contribution in [2.75, 3.05) is 5.32 Å². The van der Waals surface area contributed by atoms with Gasteiger partial charge in [-0.2, -0.15) is 5.10 Å². The van der Waals surface area contributed by atoms with E-state index in [1.54, 1.807) is 35.4 Å². The minimum Gasteiger partial charge on any atom is -0.361 e. The first-order valence-electron chi connectivity index (χ1n) is 9.75. The van der Waals surface area contributed by atoms with Crippen molar-refractivity contribution >= 4 is 28.5 Å². The van der Waals surface area contributed by atoms with Crippen molar-refractivity contribution in [1.82, 2.24) is 25.1 Å². The van der Waals surface area contributed by atoms with Gasteiger partial charge in [0.1, 0.15) is 11.9 Å². The summed E-state index contributed by atoms with van der Waals surface area (Å²) in [6.07, 6.45) is 5.41. The van der Waals surface area contributed by atoms with Crippen LogP contribution in [0.25, 0.3) is 10.9 Å². The van der Waals surface area contributed by atoms with Crippen LogP contribution >= 0.6 is 0 Å². The van der Waals surface area contributed by atoms with Crippen molar-refractivity contribution < 1.29 is 14.0 Å². The van der Waals surface area contributed by atoms with Crippen LogP contribution in [-0.2, 0) is 22.6 Å². The summed E-state index contributed by atoms with van der Waals surface area (Å²) in [7, 11) is 0. The predicted octanol–water partition coefficient (Wildman–Crippen LogP) is 2.63. The number of fused-ring (bicyclic) bond motifs is 1. The van der Waals surface area contributed by atoms with Gasteiger partial charge in [-0.25, -0.2) is 4.39 Å². The molecule has 4 rings (SSSR count). The molecule has 1 unspecified atom stereocenters. The maximum absolute atomic E-state index is 13.4. The molecule has 2 amide bonds. The highest BCUT2D eigenvalue weighted by molar-refractivity contribution is 5.97. The lowest BCUT2D eigenvalue weighted by molar-refractivity contribution is -0.125. The SMILES string of the molecule is CC(=O)NC(Cc1c[nH]c2cc(F)ccc12)C(=O)Nc1ccn(Cc2ccccn2)n1. The van der Waals surface area contributed by atoms with Crippen LogP contribution in [0.15, 0.2) is 61.1 Å². The van der Waals surface area contributed by atoms with Gasteiger partial charge in [0.25, 0.3) is 0 Å². The maximum Gasteiger partial charge on any atom is 0.248 e. The lowest BCUT2D eigenvalue weighted by Crippen LogP contribution is -2.44. The van der Waals surface area contributed by atoms with E-state index >= 15 is 0 Å². The number of aromatic amines is 1. The Morgan fingerprint density at radius 2 is 2.10 bits per heavy atom. The van der Waals surface area contributed by atoms with Crippen molar-refractivity contribution in [3.63, 3.8) is 0 Å². The van der Waals surface area contributed by atoms with E-state index in [-0.39, 0.29) is 18.1 Å². The monoisotopic (exact) mass is 420 g/mol. The molecule has 3 aromatic heterocycles. The quantitative estimate of drug-likeness (QED) is 0.427. The molecule has 3 heterocycles. The zero-order valence-electron chi connectivity index (χ0n) is 16.8. The van der Waals surface area contributed by atoms with Gasteiger partial charge < -0.3 is 15.6 Å². The molecule has 0 aliphatic carbocycles. The first-order chi connectivity index (χ1) is 15.0. The Labute approximate surface area is 177 Å². The second kappa shape index (κ2) is 8.78. The molecule has 0 aliphatic heterocycles. The largest absolute Gasteiger partial charge is 0.361 e. The topological polar surface area (TPSA) is 105 Å². The smallest absolute Gasteiger partial charge is 0.248 e. The van der Waals surface area contributed by atoms with E-state index in [4.69, 9.17) is 0 Å². The molecule has 0 radical (unpaired) electrons. The Hall–Kier alpha value is -4.01. The van der Waals surface area contributed by atoms with Gasteiger partial charge in [-0.05, 0) is 35.9 Å². The average molecular weight is 420 g/mol. The molecule has 9 heteroatoms. The molecule has 1 aromatic carbocycles. The summed E-state index contributed by atoms with van der Waals surface area (Å²) in [5.74, 6) is -0.697. The Bertz CT molecular complexity index is 1220. The predicted molar refractivity (Wildman–Crippen MR) is 114 cm³/mol. The van der Waals surface area contributed by atoms with E-state index in [1.165, 1.54) is 19.1 Å². The van der Waals surface area contributed by atoms with Crippen LogP contribution in [0, 0.1) is 5.82 Å². The molecule has 0 saturated heterocycles. The Morgan fingerprint density at radius 1 is 1.23 bits per heavy atom. The van der Waals surface area contributed by atoms with Crippen LogP contribution < -0.4 is 10.6 Å². The number of hydrogen-bond donors (Lipinski definition) is 3. The second-order valence-electron chi connectivity index (χ2n) is 7.17. The van der Waals surface area contributed by atoms with Gasteiger partial charge >= 0.3 is 0 Å². The van der Waals surface area contributed by atoms with Gasteiger partial charge in [-0.15, -0.1) is 0 Å².